The lowest BCUT2D eigenvalue weighted by atomic mass is 10.1. The Labute approximate surface area is 261 Å². The highest BCUT2D eigenvalue weighted by Gasteiger charge is 2.17. The van der Waals surface area contributed by atoms with Crippen LogP contribution in [0.2, 0.25) is 20.1 Å². The summed E-state index contributed by atoms with van der Waals surface area (Å²) in [6, 6.07) is 25.2. The van der Waals surface area contributed by atoms with E-state index in [0.717, 1.165) is 4.90 Å². The van der Waals surface area contributed by atoms with Crippen LogP contribution in [0.5, 0.6) is 0 Å². The minimum Gasteiger partial charge on any atom is -0.324 e. The monoisotopic (exact) mass is 643 g/mol. The van der Waals surface area contributed by atoms with Crippen molar-refractivity contribution in [3.05, 3.63) is 128 Å². The van der Waals surface area contributed by atoms with Gasteiger partial charge in [0.1, 0.15) is 5.70 Å². The molecule has 0 aromatic heterocycles. The lowest BCUT2D eigenvalue weighted by molar-refractivity contribution is -0.114. The van der Waals surface area contributed by atoms with E-state index in [-0.39, 0.29) is 22.4 Å². The molecule has 0 saturated carbocycles. The number of hydrogen-bond acceptors (Lipinski definition) is 4. The van der Waals surface area contributed by atoms with Crippen molar-refractivity contribution in [2.75, 3.05) is 16.4 Å². The molecule has 0 fully saturated rings. The fourth-order valence-corrected chi connectivity index (χ4v) is 4.97. The van der Waals surface area contributed by atoms with E-state index in [0.29, 0.717) is 37.6 Å². The molecule has 208 valence electrons. The number of benzene rings is 4. The lowest BCUT2D eigenvalue weighted by Crippen LogP contribution is -2.30. The molecule has 0 aliphatic rings. The van der Waals surface area contributed by atoms with Crippen molar-refractivity contribution < 1.29 is 14.4 Å². The second-order valence-corrected chi connectivity index (χ2v) is 11.1. The Morgan fingerprint density at radius 3 is 2.29 bits per heavy atom. The van der Waals surface area contributed by atoms with E-state index in [2.05, 4.69) is 16.0 Å². The van der Waals surface area contributed by atoms with Gasteiger partial charge in [-0.2, -0.15) is 0 Å². The summed E-state index contributed by atoms with van der Waals surface area (Å²) in [4.78, 5) is 39.4. The summed E-state index contributed by atoms with van der Waals surface area (Å²) in [5.74, 6) is -1.24. The number of hydrogen-bond donors (Lipinski definition) is 3. The van der Waals surface area contributed by atoms with Crippen LogP contribution < -0.4 is 16.0 Å². The number of rotatable bonds is 9. The maximum absolute atomic E-state index is 13.4. The number of carbonyl (C=O) groups excluding carboxylic acids is 3. The zero-order valence-corrected chi connectivity index (χ0v) is 24.9. The summed E-state index contributed by atoms with van der Waals surface area (Å²) in [6.07, 6.45) is 1.45. The van der Waals surface area contributed by atoms with Crippen LogP contribution in [-0.4, -0.2) is 23.5 Å². The van der Waals surface area contributed by atoms with Gasteiger partial charge in [-0.05, 0) is 66.2 Å². The van der Waals surface area contributed by atoms with Crippen LogP contribution in [0.25, 0.3) is 6.08 Å². The topological polar surface area (TPSA) is 87.3 Å². The number of amides is 3. The van der Waals surface area contributed by atoms with E-state index >= 15 is 0 Å². The van der Waals surface area contributed by atoms with Gasteiger partial charge in [-0.25, -0.2) is 0 Å². The molecule has 3 amide bonds. The SMILES string of the molecule is O=C(CSc1cccc(NC(=O)/C(=C\c2cccc(Cl)c2Cl)NC(=O)c2ccccc2)c1)Nc1cc(Cl)ccc1Cl. The summed E-state index contributed by atoms with van der Waals surface area (Å²) in [5.41, 5.74) is 1.66. The van der Waals surface area contributed by atoms with Gasteiger partial charge in [0, 0.05) is 21.2 Å². The van der Waals surface area contributed by atoms with Crippen LogP contribution in [0.3, 0.4) is 0 Å². The largest absolute Gasteiger partial charge is 0.324 e. The van der Waals surface area contributed by atoms with Gasteiger partial charge >= 0.3 is 0 Å². The van der Waals surface area contributed by atoms with E-state index < -0.39 is 11.8 Å². The fraction of sp³-hybridized carbons (Fsp3) is 0.0333. The number of halogens is 4. The third kappa shape index (κ3) is 8.76. The van der Waals surface area contributed by atoms with Crippen molar-refractivity contribution >= 4 is 93.3 Å². The van der Waals surface area contributed by atoms with Gasteiger partial charge in [0.15, 0.2) is 0 Å². The Morgan fingerprint density at radius 1 is 0.756 bits per heavy atom. The summed E-state index contributed by atoms with van der Waals surface area (Å²) in [7, 11) is 0. The van der Waals surface area contributed by atoms with Gasteiger partial charge in [0.05, 0.1) is 26.5 Å². The molecule has 11 heteroatoms. The maximum Gasteiger partial charge on any atom is 0.272 e. The Bertz CT molecular complexity index is 1630. The van der Waals surface area contributed by atoms with E-state index in [4.69, 9.17) is 46.4 Å². The van der Waals surface area contributed by atoms with Gasteiger partial charge in [-0.3, -0.25) is 14.4 Å². The van der Waals surface area contributed by atoms with Gasteiger partial charge in [0.25, 0.3) is 11.8 Å². The highest BCUT2D eigenvalue weighted by Crippen LogP contribution is 2.28. The second-order valence-electron chi connectivity index (χ2n) is 8.46. The summed E-state index contributed by atoms with van der Waals surface area (Å²) < 4.78 is 0. The van der Waals surface area contributed by atoms with E-state index in [1.807, 2.05) is 0 Å². The number of anilines is 2. The highest BCUT2D eigenvalue weighted by molar-refractivity contribution is 8.00. The molecule has 0 saturated heterocycles. The van der Waals surface area contributed by atoms with Crippen LogP contribution >= 0.6 is 58.2 Å². The molecule has 0 aliphatic carbocycles. The van der Waals surface area contributed by atoms with Crippen LogP contribution in [0.15, 0.2) is 102 Å². The first-order valence-corrected chi connectivity index (χ1v) is 14.5. The molecule has 4 rings (SSSR count). The standard InChI is InChI=1S/C30H21Cl4N3O3S/c31-20-12-13-23(32)25(15-20)36-27(38)17-41-22-10-5-9-21(16-22)35-30(40)26(14-19-8-4-11-24(33)28(19)34)37-29(39)18-6-2-1-3-7-18/h1-16H,17H2,(H,35,40)(H,36,38)(H,37,39)/b26-14+. The third-order valence-electron chi connectivity index (χ3n) is 5.47. The average molecular weight is 645 g/mol. The molecule has 0 atom stereocenters. The van der Waals surface area contributed by atoms with E-state index in [1.165, 1.54) is 17.8 Å². The average Bonchev–Trinajstić information content (AvgIpc) is 2.96. The van der Waals surface area contributed by atoms with Crippen molar-refractivity contribution in [3.8, 4) is 0 Å². The Kier molecular flexibility index (Phi) is 10.7. The van der Waals surface area contributed by atoms with Crippen molar-refractivity contribution in [3.63, 3.8) is 0 Å². The molecule has 0 bridgehead atoms. The summed E-state index contributed by atoms with van der Waals surface area (Å²) in [5, 5.41) is 9.56. The molecular weight excluding hydrogens is 624 g/mol. The van der Waals surface area contributed by atoms with Crippen LogP contribution in [-0.2, 0) is 9.59 Å². The van der Waals surface area contributed by atoms with Gasteiger partial charge in [-0.1, -0.05) is 82.8 Å². The van der Waals surface area contributed by atoms with E-state index in [9.17, 15) is 14.4 Å². The van der Waals surface area contributed by atoms with Crippen LogP contribution in [0, 0.1) is 0 Å². The van der Waals surface area contributed by atoms with Gasteiger partial charge in [-0.15, -0.1) is 11.8 Å². The first-order valence-electron chi connectivity index (χ1n) is 12.0. The smallest absolute Gasteiger partial charge is 0.272 e. The molecule has 4 aromatic rings. The maximum atomic E-state index is 13.4. The molecule has 3 N–H and O–H groups in total. The number of carbonyl (C=O) groups is 3. The number of nitrogens with one attached hydrogen (secondary N) is 3. The summed E-state index contributed by atoms with van der Waals surface area (Å²) in [6.45, 7) is 0. The lowest BCUT2D eigenvalue weighted by Gasteiger charge is -2.13. The third-order valence-corrected chi connectivity index (χ3v) is 7.87. The predicted molar refractivity (Wildman–Crippen MR) is 169 cm³/mol. The molecule has 4 aromatic carbocycles. The first-order chi connectivity index (χ1) is 19.7. The second kappa shape index (κ2) is 14.4. The first kappa shape index (κ1) is 30.5. The van der Waals surface area contributed by atoms with Crippen molar-refractivity contribution in [1.29, 1.82) is 0 Å². The zero-order valence-electron chi connectivity index (χ0n) is 21.1. The Morgan fingerprint density at radius 2 is 1.51 bits per heavy atom. The molecule has 0 radical (unpaired) electrons. The molecule has 0 heterocycles. The van der Waals surface area contributed by atoms with Gasteiger partial charge < -0.3 is 16.0 Å². The zero-order chi connectivity index (χ0) is 29.4. The molecule has 0 spiro atoms. The molecule has 6 nitrogen and oxygen atoms in total. The van der Waals surface area contributed by atoms with Crippen LogP contribution in [0.1, 0.15) is 15.9 Å². The van der Waals surface area contributed by atoms with Crippen molar-refractivity contribution in [1.82, 2.24) is 5.32 Å². The fourth-order valence-electron chi connectivity index (χ4n) is 3.52. The summed E-state index contributed by atoms with van der Waals surface area (Å²) >= 11 is 25.8. The van der Waals surface area contributed by atoms with Crippen molar-refractivity contribution in [2.45, 2.75) is 4.90 Å². The Balaban J connectivity index is 1.48. The van der Waals surface area contributed by atoms with E-state index in [1.54, 1.807) is 91.0 Å². The van der Waals surface area contributed by atoms with Crippen LogP contribution in [0.4, 0.5) is 11.4 Å². The Hall–Kier alpha value is -3.46. The molecule has 0 unspecified atom stereocenters. The normalized spacial score (nSPS) is 11.1. The molecular formula is C30H21Cl4N3O3S. The predicted octanol–water partition coefficient (Wildman–Crippen LogP) is 8.44. The van der Waals surface area contributed by atoms with Crippen molar-refractivity contribution in [2.24, 2.45) is 0 Å². The molecule has 41 heavy (non-hydrogen) atoms. The minimum absolute atomic E-state index is 0.0427. The minimum atomic E-state index is -0.583. The van der Waals surface area contributed by atoms with Gasteiger partial charge in [0.2, 0.25) is 5.91 Å². The quantitative estimate of drug-likeness (QED) is 0.126. The molecule has 0 aliphatic heterocycles. The highest BCUT2D eigenvalue weighted by atomic mass is 35.5. The number of thioether (sulfide) groups is 1.